The van der Waals surface area contributed by atoms with Crippen molar-refractivity contribution < 1.29 is 14.4 Å². The number of aromatic nitrogens is 1. The lowest BCUT2D eigenvalue weighted by Crippen LogP contribution is -2.44. The third kappa shape index (κ3) is 7.43. The van der Waals surface area contributed by atoms with Gasteiger partial charge in [0.2, 0.25) is 5.91 Å². The van der Waals surface area contributed by atoms with Gasteiger partial charge < -0.3 is 26.2 Å². The van der Waals surface area contributed by atoms with Crippen LogP contribution in [-0.4, -0.2) is 73.7 Å². The van der Waals surface area contributed by atoms with E-state index in [1.807, 2.05) is 24.4 Å². The summed E-state index contributed by atoms with van der Waals surface area (Å²) in [6.45, 7) is 4.85. The maximum Gasteiger partial charge on any atom is 0.228 e. The first-order valence-electron chi connectivity index (χ1n) is 16.3. The number of hydrogen-bond acceptors (Lipinski definition) is 8. The fourth-order valence-electron chi connectivity index (χ4n) is 6.88. The molecule has 0 unspecified atom stereocenters. The van der Waals surface area contributed by atoms with Gasteiger partial charge in [-0.05, 0) is 98.6 Å². The first-order valence-corrected chi connectivity index (χ1v) is 16.3. The molecule has 1 aliphatic carbocycles. The molecule has 1 saturated heterocycles. The Morgan fingerprint density at radius 2 is 1.78 bits per heavy atom. The van der Waals surface area contributed by atoms with Crippen LogP contribution in [-0.2, 0) is 16.0 Å². The topological polar surface area (TPSA) is 121 Å². The van der Waals surface area contributed by atoms with Gasteiger partial charge in [-0.15, -0.1) is 0 Å². The minimum absolute atomic E-state index is 0.0190. The lowest BCUT2D eigenvalue weighted by atomic mass is 9.77. The van der Waals surface area contributed by atoms with Crippen LogP contribution < -0.4 is 21.3 Å². The van der Waals surface area contributed by atoms with E-state index in [2.05, 4.69) is 50.7 Å². The van der Waals surface area contributed by atoms with E-state index in [1.54, 1.807) is 18.2 Å². The molecule has 1 atom stereocenters. The van der Waals surface area contributed by atoms with Crippen molar-refractivity contribution in [2.45, 2.75) is 38.5 Å². The molecule has 0 bridgehead atoms. The second-order valence-electron chi connectivity index (χ2n) is 12.9. The average Bonchev–Trinajstić information content (AvgIpc) is 3.44. The molecule has 1 aromatic heterocycles. The standard InChI is InChI=1S/C36H44N6O3/c1-41-13-15-42(16-14-41)35-20-28(11-12-38-35)27-4-2-3-25(17-27)18-29(19-33(43)26-7-5-24(22-37)6-8-26)36(45)40-30-9-10-31-32(21-30)39-23-34(31)44/h2-4,9-12,17,20-21,24,26,29,39H,5-8,13-16,18-19,22-23,37H2,1H3,(H,40,45)/t24?,26?,29-/m1/s1. The Morgan fingerprint density at radius 3 is 2.56 bits per heavy atom. The third-order valence-electron chi connectivity index (χ3n) is 9.80. The number of anilines is 3. The second-order valence-corrected chi connectivity index (χ2v) is 12.9. The Hall–Kier alpha value is -4.08. The molecule has 1 saturated carbocycles. The minimum Gasteiger partial charge on any atom is -0.377 e. The predicted octanol–water partition coefficient (Wildman–Crippen LogP) is 4.63. The number of pyridine rings is 1. The van der Waals surface area contributed by atoms with Crippen molar-refractivity contribution in [1.82, 2.24) is 9.88 Å². The molecule has 4 N–H and O–H groups in total. The van der Waals surface area contributed by atoms with Gasteiger partial charge in [0, 0.05) is 67.6 Å². The second kappa shape index (κ2) is 13.9. The highest BCUT2D eigenvalue weighted by molar-refractivity contribution is 6.09. The van der Waals surface area contributed by atoms with Gasteiger partial charge in [-0.3, -0.25) is 14.4 Å². The predicted molar refractivity (Wildman–Crippen MR) is 179 cm³/mol. The summed E-state index contributed by atoms with van der Waals surface area (Å²) in [5.41, 5.74) is 11.0. The number of nitrogens with one attached hydrogen (secondary N) is 2. The van der Waals surface area contributed by atoms with E-state index >= 15 is 0 Å². The van der Waals surface area contributed by atoms with E-state index in [9.17, 15) is 14.4 Å². The number of carbonyl (C=O) groups excluding carboxylic acids is 3. The molecule has 9 heteroatoms. The molecule has 2 aliphatic heterocycles. The molecule has 0 spiro atoms. The van der Waals surface area contributed by atoms with Crippen molar-refractivity contribution in [2.75, 3.05) is 61.8 Å². The first-order chi connectivity index (χ1) is 21.9. The summed E-state index contributed by atoms with van der Waals surface area (Å²) in [5.74, 6) is 0.935. The van der Waals surface area contributed by atoms with Gasteiger partial charge in [-0.25, -0.2) is 4.98 Å². The zero-order valence-corrected chi connectivity index (χ0v) is 26.1. The fourth-order valence-corrected chi connectivity index (χ4v) is 6.88. The molecule has 6 rings (SSSR count). The summed E-state index contributed by atoms with van der Waals surface area (Å²) in [7, 11) is 2.14. The fraction of sp³-hybridized carbons (Fsp3) is 0.444. The number of nitrogens with zero attached hydrogens (tertiary/aromatic N) is 3. The molecule has 45 heavy (non-hydrogen) atoms. The Morgan fingerprint density at radius 1 is 1.00 bits per heavy atom. The van der Waals surface area contributed by atoms with Crippen LogP contribution in [0.15, 0.2) is 60.8 Å². The highest BCUT2D eigenvalue weighted by atomic mass is 16.2. The van der Waals surface area contributed by atoms with Crippen molar-refractivity contribution in [3.63, 3.8) is 0 Å². The van der Waals surface area contributed by atoms with Crippen LogP contribution >= 0.6 is 0 Å². The summed E-state index contributed by atoms with van der Waals surface area (Å²) in [5, 5.41) is 6.14. The van der Waals surface area contributed by atoms with E-state index in [4.69, 9.17) is 5.73 Å². The molecule has 236 valence electrons. The Labute approximate surface area is 265 Å². The highest BCUT2D eigenvalue weighted by Crippen LogP contribution is 2.32. The van der Waals surface area contributed by atoms with E-state index < -0.39 is 5.92 Å². The minimum atomic E-state index is -0.527. The molecular formula is C36H44N6O3. The van der Waals surface area contributed by atoms with E-state index in [0.717, 1.165) is 80.1 Å². The first kappa shape index (κ1) is 30.9. The van der Waals surface area contributed by atoms with E-state index in [-0.39, 0.29) is 36.4 Å². The highest BCUT2D eigenvalue weighted by Gasteiger charge is 2.30. The van der Waals surface area contributed by atoms with Crippen molar-refractivity contribution in [3.05, 3.63) is 71.9 Å². The summed E-state index contributed by atoms with van der Waals surface area (Å²) < 4.78 is 0. The molecule has 2 fully saturated rings. The SMILES string of the molecule is CN1CCN(c2cc(-c3cccc(C[C@H](CC(=O)C4CCC(CN)CC4)C(=O)Nc4ccc5c(c4)NCC5=O)c3)ccn2)CC1. The molecule has 1 amide bonds. The van der Waals surface area contributed by atoms with Crippen molar-refractivity contribution >= 4 is 34.7 Å². The van der Waals surface area contributed by atoms with Crippen LogP contribution in [0.2, 0.25) is 0 Å². The molecule has 0 radical (unpaired) electrons. The van der Waals surface area contributed by atoms with Gasteiger partial charge in [-0.2, -0.15) is 0 Å². The lowest BCUT2D eigenvalue weighted by molar-refractivity contribution is -0.129. The van der Waals surface area contributed by atoms with Crippen molar-refractivity contribution in [2.24, 2.45) is 23.5 Å². The van der Waals surface area contributed by atoms with Gasteiger partial charge in [0.25, 0.3) is 0 Å². The van der Waals surface area contributed by atoms with Crippen LogP contribution in [0.25, 0.3) is 11.1 Å². The van der Waals surface area contributed by atoms with Crippen LogP contribution in [0.3, 0.4) is 0 Å². The van der Waals surface area contributed by atoms with Crippen LogP contribution in [0, 0.1) is 17.8 Å². The largest absolute Gasteiger partial charge is 0.377 e. The normalized spacial score (nSPS) is 20.8. The van der Waals surface area contributed by atoms with Gasteiger partial charge in [-0.1, -0.05) is 24.3 Å². The summed E-state index contributed by atoms with van der Waals surface area (Å²) in [6, 6.07) is 17.7. The molecule has 3 heterocycles. The molecule has 2 aromatic carbocycles. The Bertz CT molecular complexity index is 1540. The molecule has 9 nitrogen and oxygen atoms in total. The van der Waals surface area contributed by atoms with Crippen molar-refractivity contribution in [3.8, 4) is 11.1 Å². The Kier molecular flexibility index (Phi) is 9.56. The third-order valence-corrected chi connectivity index (χ3v) is 9.80. The van der Waals surface area contributed by atoms with E-state index in [0.29, 0.717) is 30.1 Å². The zero-order valence-electron chi connectivity index (χ0n) is 26.1. The van der Waals surface area contributed by atoms with Crippen LogP contribution in [0.4, 0.5) is 17.2 Å². The monoisotopic (exact) mass is 608 g/mol. The number of nitrogens with two attached hydrogens (primary N) is 1. The number of amides is 1. The number of Topliss-reactive ketones (excluding diaryl/α,β-unsaturated/α-hetero) is 2. The number of carbonyl (C=O) groups is 3. The number of benzene rings is 2. The smallest absolute Gasteiger partial charge is 0.228 e. The molecule has 3 aromatic rings. The molecule has 3 aliphatic rings. The number of fused-ring (bicyclic) bond motifs is 1. The summed E-state index contributed by atoms with van der Waals surface area (Å²) in [4.78, 5) is 48.7. The lowest BCUT2D eigenvalue weighted by Gasteiger charge is -2.33. The maximum atomic E-state index is 13.8. The van der Waals surface area contributed by atoms with Gasteiger partial charge in [0.15, 0.2) is 5.78 Å². The summed E-state index contributed by atoms with van der Waals surface area (Å²) in [6.07, 6.45) is 6.12. The summed E-state index contributed by atoms with van der Waals surface area (Å²) >= 11 is 0. The van der Waals surface area contributed by atoms with E-state index in [1.165, 1.54) is 0 Å². The number of rotatable bonds is 10. The average molecular weight is 609 g/mol. The Balaban J connectivity index is 1.20. The van der Waals surface area contributed by atoms with Gasteiger partial charge in [0.1, 0.15) is 11.6 Å². The van der Waals surface area contributed by atoms with Gasteiger partial charge in [0.05, 0.1) is 6.54 Å². The van der Waals surface area contributed by atoms with Crippen molar-refractivity contribution in [1.29, 1.82) is 0 Å². The number of hydrogen-bond donors (Lipinski definition) is 3. The van der Waals surface area contributed by atoms with Gasteiger partial charge >= 0.3 is 0 Å². The quantitative estimate of drug-likeness (QED) is 0.305. The number of piperazine rings is 1. The maximum absolute atomic E-state index is 13.8. The van der Waals surface area contributed by atoms with Crippen LogP contribution in [0.5, 0.6) is 0 Å². The zero-order chi connectivity index (χ0) is 31.3. The van der Waals surface area contributed by atoms with Crippen LogP contribution in [0.1, 0.15) is 48.0 Å². The molecular weight excluding hydrogens is 564 g/mol. The number of ketones is 2. The number of likely N-dealkylation sites (N-methyl/N-ethyl adjacent to an activating group) is 1.